The monoisotopic (exact) mass is 435 g/mol. The van der Waals surface area contributed by atoms with Crippen molar-refractivity contribution in [1.29, 1.82) is 0 Å². The Kier molecular flexibility index (Phi) is 6.34. The number of alkyl halides is 2. The summed E-state index contributed by atoms with van der Waals surface area (Å²) in [6, 6.07) is 4.61. The quantitative estimate of drug-likeness (QED) is 0.533. The number of amides is 2. The Morgan fingerprint density at radius 2 is 2.30 bits per heavy atom. The first kappa shape index (κ1) is 21.7. The van der Waals surface area contributed by atoms with Gasteiger partial charge in [0.25, 0.3) is 5.91 Å². The molecule has 10 heteroatoms. The molecule has 3 rings (SSSR count). The van der Waals surface area contributed by atoms with Gasteiger partial charge in [-0.25, -0.2) is 4.98 Å². The van der Waals surface area contributed by atoms with Crippen molar-refractivity contribution < 1.29 is 28.2 Å². The van der Waals surface area contributed by atoms with Gasteiger partial charge in [0.15, 0.2) is 11.6 Å². The molecule has 2 heterocycles. The Balaban J connectivity index is 1.87. The van der Waals surface area contributed by atoms with E-state index in [-0.39, 0.29) is 26.9 Å². The maximum Gasteiger partial charge on any atom is 0.317 e. The van der Waals surface area contributed by atoms with Gasteiger partial charge in [-0.05, 0) is 31.0 Å². The minimum Gasteiger partial charge on any atom is -0.486 e. The summed E-state index contributed by atoms with van der Waals surface area (Å²) < 4.78 is 34.2. The highest BCUT2D eigenvalue weighted by Crippen LogP contribution is 2.46. The van der Waals surface area contributed by atoms with Crippen molar-refractivity contribution in [2.75, 3.05) is 20.2 Å². The largest absolute Gasteiger partial charge is 0.486 e. The van der Waals surface area contributed by atoms with Crippen LogP contribution in [0, 0.1) is 11.8 Å². The fourth-order valence-corrected chi connectivity index (χ4v) is 3.73. The fraction of sp³-hybridized carbons (Fsp3) is 0.350. The summed E-state index contributed by atoms with van der Waals surface area (Å²) in [6.07, 6.45) is 0.760. The minimum absolute atomic E-state index is 0.0626. The van der Waals surface area contributed by atoms with Crippen LogP contribution in [0.2, 0.25) is 0 Å². The third kappa shape index (κ3) is 4.75. The number of rotatable bonds is 6. The number of ether oxygens (including phenoxy) is 1. The van der Waals surface area contributed by atoms with E-state index in [2.05, 4.69) is 16.8 Å². The molecule has 1 aromatic carbocycles. The lowest BCUT2D eigenvalue weighted by Gasteiger charge is -2.12. The second-order valence-electron chi connectivity index (χ2n) is 6.78. The van der Waals surface area contributed by atoms with Gasteiger partial charge >= 0.3 is 5.92 Å². The Morgan fingerprint density at radius 3 is 3.00 bits per heavy atom. The van der Waals surface area contributed by atoms with Crippen molar-refractivity contribution >= 4 is 23.7 Å². The molecular weight excluding hydrogens is 416 g/mol. The van der Waals surface area contributed by atoms with Gasteiger partial charge in [0.05, 0.1) is 5.69 Å². The van der Waals surface area contributed by atoms with Gasteiger partial charge in [0, 0.05) is 24.7 Å². The summed E-state index contributed by atoms with van der Waals surface area (Å²) >= 11 is 0.544. The zero-order valence-corrected chi connectivity index (χ0v) is 16.8. The van der Waals surface area contributed by atoms with Gasteiger partial charge in [-0.1, -0.05) is 11.8 Å². The predicted octanol–water partition coefficient (Wildman–Crippen LogP) is 1.97. The third-order valence-electron chi connectivity index (χ3n) is 4.37. The molecule has 0 saturated heterocycles. The molecule has 0 aliphatic carbocycles. The number of fused-ring (bicyclic) bond motifs is 3. The molecular formula is C20H19F2N3O4S. The summed E-state index contributed by atoms with van der Waals surface area (Å²) in [5.41, 5.74) is 5.89. The van der Waals surface area contributed by atoms with E-state index in [1.54, 1.807) is 13.1 Å². The fourth-order valence-electron chi connectivity index (χ4n) is 2.83. The molecule has 158 valence electrons. The van der Waals surface area contributed by atoms with E-state index in [4.69, 9.17) is 10.5 Å². The number of hydrogen-bond acceptors (Lipinski definition) is 6. The first-order valence-corrected chi connectivity index (χ1v) is 9.84. The van der Waals surface area contributed by atoms with E-state index in [9.17, 15) is 23.5 Å². The second-order valence-corrected chi connectivity index (χ2v) is 7.78. The number of carbonyl (C=O) groups is 2. The number of carbonyl (C=O) groups excluding carboxylic acids is 2. The molecule has 0 bridgehead atoms. The highest BCUT2D eigenvalue weighted by Gasteiger charge is 2.42. The predicted molar refractivity (Wildman–Crippen MR) is 106 cm³/mol. The van der Waals surface area contributed by atoms with Crippen molar-refractivity contribution in [2.24, 2.45) is 5.73 Å². The number of primary amides is 1. The van der Waals surface area contributed by atoms with Gasteiger partial charge in [-0.15, -0.1) is 11.3 Å². The minimum atomic E-state index is -3.32. The van der Waals surface area contributed by atoms with Crippen molar-refractivity contribution in [3.63, 3.8) is 0 Å². The summed E-state index contributed by atoms with van der Waals surface area (Å²) in [5.74, 6) is 1.49. The Morgan fingerprint density at radius 1 is 1.53 bits per heavy atom. The average molecular weight is 435 g/mol. The van der Waals surface area contributed by atoms with Crippen LogP contribution < -0.4 is 10.5 Å². The van der Waals surface area contributed by atoms with E-state index >= 15 is 0 Å². The van der Waals surface area contributed by atoms with Gasteiger partial charge in [-0.2, -0.15) is 8.78 Å². The van der Waals surface area contributed by atoms with Crippen LogP contribution >= 0.6 is 11.3 Å². The molecule has 0 saturated carbocycles. The van der Waals surface area contributed by atoms with Crippen LogP contribution in [-0.2, 0) is 10.7 Å². The molecule has 1 unspecified atom stereocenters. The van der Waals surface area contributed by atoms with Crippen molar-refractivity contribution in [3.05, 3.63) is 33.6 Å². The van der Waals surface area contributed by atoms with Crippen LogP contribution in [-0.4, -0.2) is 53.6 Å². The Bertz CT molecular complexity index is 1030. The molecule has 2 aromatic rings. The normalized spacial score (nSPS) is 14.8. The Labute approximate surface area is 175 Å². The summed E-state index contributed by atoms with van der Waals surface area (Å²) in [6.45, 7) is -0.381. The van der Waals surface area contributed by atoms with Gasteiger partial charge in [-0.3, -0.25) is 9.59 Å². The van der Waals surface area contributed by atoms with E-state index in [0.29, 0.717) is 42.7 Å². The summed E-state index contributed by atoms with van der Waals surface area (Å²) in [7, 11) is 1.64. The van der Waals surface area contributed by atoms with Crippen LogP contribution in [0.1, 0.15) is 33.1 Å². The maximum atomic E-state index is 14.5. The van der Waals surface area contributed by atoms with Gasteiger partial charge in [0.2, 0.25) is 6.41 Å². The lowest BCUT2D eigenvalue weighted by Crippen LogP contribution is -2.20. The van der Waals surface area contributed by atoms with E-state index in [1.807, 2.05) is 0 Å². The van der Waals surface area contributed by atoms with Crippen LogP contribution in [0.4, 0.5) is 8.78 Å². The van der Waals surface area contributed by atoms with Crippen molar-refractivity contribution in [1.82, 2.24) is 9.88 Å². The molecule has 0 spiro atoms. The smallest absolute Gasteiger partial charge is 0.317 e. The number of hydrogen-bond donors (Lipinski definition) is 2. The van der Waals surface area contributed by atoms with Crippen LogP contribution in [0.15, 0.2) is 18.2 Å². The number of thiazole rings is 1. The zero-order valence-electron chi connectivity index (χ0n) is 16.0. The number of aliphatic hydroxyl groups excluding tert-OH is 1. The van der Waals surface area contributed by atoms with Crippen molar-refractivity contribution in [2.45, 2.75) is 24.9 Å². The summed E-state index contributed by atoms with van der Waals surface area (Å²) in [4.78, 5) is 27.1. The van der Waals surface area contributed by atoms with E-state index in [1.165, 1.54) is 17.0 Å². The number of benzene rings is 1. The topological polar surface area (TPSA) is 106 Å². The number of aliphatic hydroxyl groups is 1. The third-order valence-corrected chi connectivity index (χ3v) is 5.55. The summed E-state index contributed by atoms with van der Waals surface area (Å²) in [5, 5.41) is 9.80. The van der Waals surface area contributed by atoms with Crippen LogP contribution in [0.5, 0.6) is 5.75 Å². The molecule has 30 heavy (non-hydrogen) atoms. The molecule has 3 N–H and O–H groups in total. The zero-order chi connectivity index (χ0) is 21.9. The number of halogens is 2. The average Bonchev–Trinajstić information content (AvgIpc) is 3.14. The molecule has 1 aliphatic heterocycles. The highest BCUT2D eigenvalue weighted by molar-refractivity contribution is 7.14. The Hall–Kier alpha value is -3.03. The maximum absolute atomic E-state index is 14.5. The molecule has 7 nitrogen and oxygen atoms in total. The number of aromatic nitrogens is 1. The van der Waals surface area contributed by atoms with Gasteiger partial charge in [0.1, 0.15) is 16.7 Å². The first-order valence-electron chi connectivity index (χ1n) is 9.02. The molecule has 1 atom stereocenters. The highest BCUT2D eigenvalue weighted by atomic mass is 32.1. The lowest BCUT2D eigenvalue weighted by molar-refractivity contribution is -0.117. The second kappa shape index (κ2) is 8.77. The standard InChI is InChI=1S/C20H19F2N3O4S/c1-25(11-26)8-2-3-13(27)6-4-12-5-7-15-14(9-12)16-17(20(21,22)10-29-15)30-19(24-16)18(23)28/h5,7,9,11,13,27H,2-3,8,10H2,1H3,(H2,23,28). The number of nitrogens with zero attached hydrogens (tertiary/aromatic N) is 2. The molecule has 0 radical (unpaired) electrons. The lowest BCUT2D eigenvalue weighted by atomic mass is 10.0. The van der Waals surface area contributed by atoms with E-state index < -0.39 is 24.5 Å². The molecule has 2 amide bonds. The number of nitrogens with two attached hydrogens (primary N) is 1. The van der Waals surface area contributed by atoms with E-state index in [0.717, 1.165) is 0 Å². The molecule has 0 fully saturated rings. The van der Waals surface area contributed by atoms with Crippen LogP contribution in [0.25, 0.3) is 11.3 Å². The first-order chi connectivity index (χ1) is 14.2. The van der Waals surface area contributed by atoms with Crippen LogP contribution in [0.3, 0.4) is 0 Å². The van der Waals surface area contributed by atoms with Gasteiger partial charge < -0.3 is 20.5 Å². The molecule has 1 aromatic heterocycles. The SMILES string of the molecule is CN(C=O)CCCC(O)C#Cc1ccc2c(c1)-c1nc(C(N)=O)sc1C(F)(F)CO2. The molecule has 1 aliphatic rings. The van der Waals surface area contributed by atoms with Crippen molar-refractivity contribution in [3.8, 4) is 28.8 Å².